The maximum absolute atomic E-state index is 12.5. The highest BCUT2D eigenvalue weighted by atomic mass is 127. The van der Waals surface area contributed by atoms with E-state index < -0.39 is 0 Å². The van der Waals surface area contributed by atoms with Gasteiger partial charge in [-0.2, -0.15) is 0 Å². The van der Waals surface area contributed by atoms with Gasteiger partial charge in [0.1, 0.15) is 4.05 Å². The molecule has 0 radical (unpaired) electrons. The predicted octanol–water partition coefficient (Wildman–Crippen LogP) is 3.28. The van der Waals surface area contributed by atoms with Crippen molar-refractivity contribution in [3.8, 4) is 11.8 Å². The van der Waals surface area contributed by atoms with Crippen LogP contribution in [0, 0.1) is 11.8 Å². The second-order valence-corrected chi connectivity index (χ2v) is 7.92. The van der Waals surface area contributed by atoms with Gasteiger partial charge in [0.05, 0.1) is 6.54 Å². The van der Waals surface area contributed by atoms with Crippen LogP contribution in [0.15, 0.2) is 42.7 Å². The Morgan fingerprint density at radius 3 is 2.63 bits per heavy atom. The van der Waals surface area contributed by atoms with E-state index in [4.69, 9.17) is 0 Å². The summed E-state index contributed by atoms with van der Waals surface area (Å²) in [6.45, 7) is 4.14. The highest BCUT2D eigenvalue weighted by molar-refractivity contribution is 14.1. The summed E-state index contributed by atoms with van der Waals surface area (Å²) in [6, 6.07) is 10.00. The summed E-state index contributed by atoms with van der Waals surface area (Å²) in [6.07, 6.45) is 6.96. The van der Waals surface area contributed by atoms with Crippen molar-refractivity contribution in [1.29, 1.82) is 0 Å². The third kappa shape index (κ3) is 5.42. The van der Waals surface area contributed by atoms with Crippen LogP contribution in [0.5, 0.6) is 0 Å². The minimum absolute atomic E-state index is 0.125. The topological polar surface area (TPSA) is 49.3 Å². The molecule has 0 aliphatic carbocycles. The molecule has 6 heteroatoms. The van der Waals surface area contributed by atoms with E-state index in [1.165, 1.54) is 18.4 Å². The third-order valence-electron chi connectivity index (χ3n) is 4.50. The van der Waals surface area contributed by atoms with Crippen molar-refractivity contribution < 1.29 is 4.79 Å². The Kier molecular flexibility index (Phi) is 7.04. The number of unbranched alkanes of at least 4 members (excludes halogenated alkanes) is 1. The Bertz CT molecular complexity index is 814. The number of aromatic nitrogens is 2. The van der Waals surface area contributed by atoms with Crippen molar-refractivity contribution in [1.82, 2.24) is 14.9 Å². The van der Waals surface area contributed by atoms with E-state index in [1.54, 1.807) is 23.4 Å². The van der Waals surface area contributed by atoms with Crippen molar-refractivity contribution in [2.24, 2.45) is 0 Å². The molecule has 2 aromatic rings. The van der Waals surface area contributed by atoms with Crippen LogP contribution in [0.25, 0.3) is 0 Å². The molecule has 1 fully saturated rings. The zero-order valence-electron chi connectivity index (χ0n) is 15.4. The molecular weight excluding hydrogens is 451 g/mol. The molecule has 0 saturated carbocycles. The van der Waals surface area contributed by atoms with Gasteiger partial charge in [-0.1, -0.05) is 54.0 Å². The molecular formula is C21H23IN4O. The largest absolute Gasteiger partial charge is 0.327 e. The molecule has 5 nitrogen and oxygen atoms in total. The molecule has 1 aliphatic heterocycles. The normalized spacial score (nSPS) is 16.6. The lowest BCUT2D eigenvalue weighted by molar-refractivity contribution is -0.125. The average Bonchev–Trinajstić information content (AvgIpc) is 2.71. The number of piperazine rings is 1. The Labute approximate surface area is 174 Å². The number of hydrogen-bond donors (Lipinski definition) is 0. The SMILES string of the molecule is CCCCc1ccc(C#CC(=O)N2CCN(c3ncccn3)C(I)C2)cc1. The first-order valence-corrected chi connectivity index (χ1v) is 10.5. The van der Waals surface area contributed by atoms with Gasteiger partial charge >= 0.3 is 0 Å². The van der Waals surface area contributed by atoms with E-state index in [0.29, 0.717) is 25.6 Å². The summed E-state index contributed by atoms with van der Waals surface area (Å²) in [5, 5.41) is 0. The molecule has 27 heavy (non-hydrogen) atoms. The van der Waals surface area contributed by atoms with Crippen LogP contribution in [0.1, 0.15) is 30.9 Å². The molecule has 1 saturated heterocycles. The van der Waals surface area contributed by atoms with Gasteiger partial charge in [-0.15, -0.1) is 0 Å². The summed E-state index contributed by atoms with van der Waals surface area (Å²) in [7, 11) is 0. The smallest absolute Gasteiger partial charge is 0.298 e. The standard InChI is InChI=1S/C21H23IN4O/c1-2-3-5-17-6-8-18(9-7-17)10-11-20(27)25-14-15-26(19(22)16-25)21-23-12-4-13-24-21/h4,6-9,12-13,19H,2-3,5,14-16H2,1H3. The minimum atomic E-state index is -0.125. The van der Waals surface area contributed by atoms with E-state index in [9.17, 15) is 4.79 Å². The molecule has 0 spiro atoms. The minimum Gasteiger partial charge on any atom is -0.327 e. The van der Waals surface area contributed by atoms with Crippen molar-refractivity contribution in [3.63, 3.8) is 0 Å². The quantitative estimate of drug-likeness (QED) is 0.296. The maximum atomic E-state index is 12.5. The van der Waals surface area contributed by atoms with Crippen molar-refractivity contribution in [2.75, 3.05) is 24.5 Å². The molecule has 1 aliphatic rings. The number of rotatable bonds is 4. The van der Waals surface area contributed by atoms with Crippen LogP contribution < -0.4 is 4.90 Å². The van der Waals surface area contributed by atoms with Gasteiger partial charge in [0.2, 0.25) is 5.95 Å². The van der Waals surface area contributed by atoms with Crippen molar-refractivity contribution in [2.45, 2.75) is 30.2 Å². The van der Waals surface area contributed by atoms with Crippen molar-refractivity contribution >= 4 is 34.4 Å². The van der Waals surface area contributed by atoms with Gasteiger partial charge in [-0.25, -0.2) is 9.97 Å². The second kappa shape index (κ2) is 9.70. The summed E-state index contributed by atoms with van der Waals surface area (Å²) >= 11 is 2.33. The molecule has 0 bridgehead atoms. The lowest BCUT2D eigenvalue weighted by Crippen LogP contribution is -2.52. The number of halogens is 1. The van der Waals surface area contributed by atoms with E-state index in [1.807, 2.05) is 12.1 Å². The van der Waals surface area contributed by atoms with Crippen LogP contribution in [0.4, 0.5) is 5.95 Å². The molecule has 2 heterocycles. The number of carbonyl (C=O) groups is 1. The zero-order chi connectivity index (χ0) is 19.1. The van der Waals surface area contributed by atoms with E-state index in [2.05, 4.69) is 68.4 Å². The number of carbonyl (C=O) groups excluding carboxylic acids is 1. The van der Waals surface area contributed by atoms with Crippen LogP contribution in [-0.4, -0.2) is 44.5 Å². The fourth-order valence-corrected chi connectivity index (χ4v) is 3.93. The van der Waals surface area contributed by atoms with Crippen LogP contribution >= 0.6 is 22.6 Å². The lowest BCUT2D eigenvalue weighted by Gasteiger charge is -2.37. The van der Waals surface area contributed by atoms with Gasteiger partial charge in [0.15, 0.2) is 0 Å². The Morgan fingerprint density at radius 2 is 1.96 bits per heavy atom. The molecule has 0 N–H and O–H groups in total. The number of hydrogen-bond acceptors (Lipinski definition) is 4. The maximum Gasteiger partial charge on any atom is 0.298 e. The summed E-state index contributed by atoms with van der Waals surface area (Å²) in [5.74, 6) is 6.37. The first-order chi connectivity index (χ1) is 13.2. The molecule has 1 amide bonds. The van der Waals surface area contributed by atoms with Gasteiger partial charge in [0, 0.05) is 37.0 Å². The molecule has 1 aromatic carbocycles. The van der Waals surface area contributed by atoms with E-state index >= 15 is 0 Å². The van der Waals surface area contributed by atoms with Gasteiger partial charge in [-0.05, 0) is 36.6 Å². The summed E-state index contributed by atoms with van der Waals surface area (Å²) in [4.78, 5) is 25.0. The Balaban J connectivity index is 1.57. The van der Waals surface area contributed by atoms with Crippen molar-refractivity contribution in [3.05, 3.63) is 53.9 Å². The first-order valence-electron chi connectivity index (χ1n) is 9.25. The highest BCUT2D eigenvalue weighted by Crippen LogP contribution is 2.20. The second-order valence-electron chi connectivity index (χ2n) is 6.48. The molecule has 1 unspecified atom stereocenters. The fraction of sp³-hybridized carbons (Fsp3) is 0.381. The first kappa shape index (κ1) is 19.6. The number of anilines is 1. The average molecular weight is 474 g/mol. The van der Waals surface area contributed by atoms with Crippen LogP contribution in [0.2, 0.25) is 0 Å². The molecule has 1 aromatic heterocycles. The van der Waals surface area contributed by atoms with Gasteiger partial charge < -0.3 is 9.80 Å². The highest BCUT2D eigenvalue weighted by Gasteiger charge is 2.28. The Morgan fingerprint density at radius 1 is 1.22 bits per heavy atom. The zero-order valence-corrected chi connectivity index (χ0v) is 17.6. The number of benzene rings is 1. The van der Waals surface area contributed by atoms with Gasteiger partial charge in [-0.3, -0.25) is 4.79 Å². The molecule has 140 valence electrons. The van der Waals surface area contributed by atoms with E-state index in [-0.39, 0.29) is 9.96 Å². The molecule has 1 atom stereocenters. The summed E-state index contributed by atoms with van der Waals surface area (Å²) < 4.78 is 0.127. The fourth-order valence-electron chi connectivity index (χ4n) is 2.93. The monoisotopic (exact) mass is 474 g/mol. The molecule has 3 rings (SSSR count). The summed E-state index contributed by atoms with van der Waals surface area (Å²) in [5.41, 5.74) is 2.20. The Hall–Kier alpha value is -2.14. The number of alkyl halides is 1. The van der Waals surface area contributed by atoms with Crippen LogP contribution in [-0.2, 0) is 11.2 Å². The van der Waals surface area contributed by atoms with Gasteiger partial charge in [0.25, 0.3) is 5.91 Å². The number of aryl methyl sites for hydroxylation is 1. The van der Waals surface area contributed by atoms with Crippen LogP contribution in [0.3, 0.4) is 0 Å². The third-order valence-corrected chi connectivity index (χ3v) is 5.57. The predicted molar refractivity (Wildman–Crippen MR) is 116 cm³/mol. The van der Waals surface area contributed by atoms with E-state index in [0.717, 1.165) is 12.0 Å². The number of amides is 1. The lowest BCUT2D eigenvalue weighted by atomic mass is 10.1. The number of nitrogens with zero attached hydrogens (tertiary/aromatic N) is 4.